The molecule has 0 aliphatic heterocycles. The van der Waals surface area contributed by atoms with E-state index in [2.05, 4.69) is 4.99 Å². The van der Waals surface area contributed by atoms with Crippen LogP contribution in [-0.2, 0) is 16.1 Å². The number of carbonyl (C=O) groups excluding carboxylic acids is 1. The second kappa shape index (κ2) is 8.27. The number of aliphatic imine (C=N–C) groups is 1. The van der Waals surface area contributed by atoms with Crippen LogP contribution in [0.25, 0.3) is 0 Å². The van der Waals surface area contributed by atoms with Crippen LogP contribution in [0.4, 0.5) is 5.13 Å². The summed E-state index contributed by atoms with van der Waals surface area (Å²) in [6, 6.07) is 0. The fraction of sp³-hybridized carbons (Fsp3) is 0.583. The molecule has 0 saturated carbocycles. The van der Waals surface area contributed by atoms with Gasteiger partial charge >= 0.3 is 11.1 Å². The van der Waals surface area contributed by atoms with Crippen molar-refractivity contribution in [2.45, 2.75) is 27.3 Å². The molecular weight excluding hydrogens is 330 g/mol. The Hall–Kier alpha value is -0.950. The van der Waals surface area contributed by atoms with Crippen LogP contribution in [0.2, 0.25) is 0 Å². The molecule has 0 spiro atoms. The molecule has 0 atom stereocenters. The van der Waals surface area contributed by atoms with E-state index in [0.29, 0.717) is 6.61 Å². The van der Waals surface area contributed by atoms with E-state index in [9.17, 15) is 4.79 Å². The van der Waals surface area contributed by atoms with Crippen LogP contribution in [0.1, 0.15) is 17.5 Å². The van der Waals surface area contributed by atoms with Gasteiger partial charge in [0.25, 0.3) is 0 Å². The molecule has 0 aromatic carbocycles. The highest BCUT2D eigenvalue weighted by molar-refractivity contribution is 7.14. The van der Waals surface area contributed by atoms with Crippen LogP contribution in [0.15, 0.2) is 4.99 Å². The van der Waals surface area contributed by atoms with Gasteiger partial charge in [-0.25, -0.2) is 9.36 Å². The molecule has 1 heterocycles. The van der Waals surface area contributed by atoms with E-state index >= 15 is 0 Å². The van der Waals surface area contributed by atoms with E-state index in [1.807, 2.05) is 37.4 Å². The zero-order valence-electron chi connectivity index (χ0n) is 11.9. The van der Waals surface area contributed by atoms with Crippen LogP contribution >= 0.6 is 11.3 Å². The maximum atomic E-state index is 11.6. The van der Waals surface area contributed by atoms with Crippen molar-refractivity contribution < 1.29 is 31.1 Å². The second-order valence-electron chi connectivity index (χ2n) is 4.13. The second-order valence-corrected chi connectivity index (χ2v) is 5.31. The molecule has 108 valence electrons. The summed E-state index contributed by atoms with van der Waals surface area (Å²) in [5.41, 5.74) is 1.05. The summed E-state index contributed by atoms with van der Waals surface area (Å²) >= 11 is 1.57. The zero-order chi connectivity index (χ0) is 13.7. The number of nitrogens with zero attached hydrogens (tertiary/aromatic N) is 3. The van der Waals surface area contributed by atoms with E-state index in [4.69, 9.17) is 4.74 Å². The topological polar surface area (TPSA) is 45.8 Å². The van der Waals surface area contributed by atoms with E-state index in [1.165, 1.54) is 0 Å². The number of esters is 1. The standard InChI is InChI=1S/C12H20N3O2S.BrH/c1-6-17-11(16)7-15-9(2)10(3)18-12(15)13-8-14(4)5;/h8H,6-7H2,1-5H3;1H/q+1;/p-1. The molecule has 1 rings (SSSR count). The molecule has 0 saturated heterocycles. The highest BCUT2D eigenvalue weighted by Crippen LogP contribution is 2.21. The van der Waals surface area contributed by atoms with Crippen LogP contribution in [-0.4, -0.2) is 37.9 Å². The zero-order valence-corrected chi connectivity index (χ0v) is 14.3. The Morgan fingerprint density at radius 1 is 1.47 bits per heavy atom. The number of carbonyl (C=O) groups is 1. The van der Waals surface area contributed by atoms with Crippen molar-refractivity contribution >= 4 is 28.8 Å². The first-order valence-electron chi connectivity index (χ1n) is 5.81. The molecule has 0 aliphatic rings. The molecule has 0 N–H and O–H groups in total. The number of hydrogen-bond donors (Lipinski definition) is 0. The molecule has 0 unspecified atom stereocenters. The highest BCUT2D eigenvalue weighted by Gasteiger charge is 2.21. The normalized spacial score (nSPS) is 10.4. The van der Waals surface area contributed by atoms with Crippen molar-refractivity contribution in [3.05, 3.63) is 10.6 Å². The number of halogens is 1. The first-order chi connectivity index (χ1) is 8.45. The summed E-state index contributed by atoms with van der Waals surface area (Å²) in [6.45, 7) is 6.43. The van der Waals surface area contributed by atoms with Gasteiger partial charge in [-0.05, 0) is 37.1 Å². The van der Waals surface area contributed by atoms with Gasteiger partial charge in [0, 0.05) is 14.1 Å². The minimum atomic E-state index is -0.232. The largest absolute Gasteiger partial charge is 1.00 e. The Labute approximate surface area is 128 Å². The lowest BCUT2D eigenvalue weighted by Crippen LogP contribution is -3.00. The molecule has 0 radical (unpaired) electrons. The Bertz CT molecular complexity index is 458. The quantitative estimate of drug-likeness (QED) is 0.279. The minimum Gasteiger partial charge on any atom is -1.00 e. The van der Waals surface area contributed by atoms with E-state index in [-0.39, 0.29) is 29.5 Å². The van der Waals surface area contributed by atoms with E-state index < -0.39 is 0 Å². The lowest BCUT2D eigenvalue weighted by atomic mass is 10.4. The monoisotopic (exact) mass is 349 g/mol. The van der Waals surface area contributed by atoms with Gasteiger partial charge in [0.2, 0.25) is 6.34 Å². The van der Waals surface area contributed by atoms with Crippen molar-refractivity contribution in [2.75, 3.05) is 20.7 Å². The number of aromatic nitrogens is 1. The molecule has 0 amide bonds. The van der Waals surface area contributed by atoms with Crippen LogP contribution < -0.4 is 21.5 Å². The molecule has 7 heteroatoms. The minimum absolute atomic E-state index is 0. The van der Waals surface area contributed by atoms with Crippen molar-refractivity contribution in [1.29, 1.82) is 0 Å². The lowest BCUT2D eigenvalue weighted by Gasteiger charge is -2.01. The van der Waals surface area contributed by atoms with E-state index in [1.54, 1.807) is 24.6 Å². The molecule has 19 heavy (non-hydrogen) atoms. The summed E-state index contributed by atoms with van der Waals surface area (Å²) in [7, 11) is 3.82. The van der Waals surface area contributed by atoms with Gasteiger partial charge in [-0.3, -0.25) is 0 Å². The highest BCUT2D eigenvalue weighted by atomic mass is 79.9. The van der Waals surface area contributed by atoms with E-state index in [0.717, 1.165) is 15.7 Å². The third-order valence-electron chi connectivity index (χ3n) is 2.38. The summed E-state index contributed by atoms with van der Waals surface area (Å²) in [6.07, 6.45) is 1.73. The molecule has 1 aromatic heterocycles. The first kappa shape index (κ1) is 18.0. The molecule has 0 aliphatic carbocycles. The number of ether oxygens (including phenoxy) is 1. The molecule has 5 nitrogen and oxygen atoms in total. The fourth-order valence-corrected chi connectivity index (χ4v) is 2.33. The SMILES string of the molecule is CCOC(=O)C[n+]1c(N=CN(C)C)sc(C)c1C.[Br-]. The van der Waals surface area contributed by atoms with Crippen LogP contribution in [0.5, 0.6) is 0 Å². The average Bonchev–Trinajstić information content (AvgIpc) is 2.54. The molecular formula is C12H20BrN3O2S. The van der Waals surface area contributed by atoms with Gasteiger partial charge in [-0.1, -0.05) is 0 Å². The number of aryl methyl sites for hydroxylation is 1. The average molecular weight is 350 g/mol. The maximum absolute atomic E-state index is 11.6. The number of hydrogen-bond acceptors (Lipinski definition) is 4. The fourth-order valence-electron chi connectivity index (χ4n) is 1.38. The van der Waals surface area contributed by atoms with Crippen molar-refractivity contribution in [3.63, 3.8) is 0 Å². The number of thiazole rings is 1. The molecule has 0 fully saturated rings. The van der Waals surface area contributed by atoms with Gasteiger partial charge in [0.05, 0.1) is 11.5 Å². The third-order valence-corrected chi connectivity index (χ3v) is 3.49. The predicted octanol–water partition coefficient (Wildman–Crippen LogP) is -1.56. The van der Waals surface area contributed by atoms with Crippen molar-refractivity contribution in [3.8, 4) is 0 Å². The van der Waals surface area contributed by atoms with Gasteiger partial charge in [-0.2, -0.15) is 0 Å². The summed E-state index contributed by atoms with van der Waals surface area (Å²) < 4.78 is 6.86. The summed E-state index contributed by atoms with van der Waals surface area (Å²) in [5.74, 6) is -0.232. The number of rotatable bonds is 5. The summed E-state index contributed by atoms with van der Waals surface area (Å²) in [5, 5.41) is 0.812. The van der Waals surface area contributed by atoms with Gasteiger partial charge in [0.1, 0.15) is 5.69 Å². The Morgan fingerprint density at radius 3 is 2.63 bits per heavy atom. The summed E-state index contributed by atoms with van der Waals surface area (Å²) in [4.78, 5) is 19.0. The third kappa shape index (κ3) is 5.28. The van der Waals surface area contributed by atoms with Gasteiger partial charge in [0.15, 0.2) is 6.54 Å². The van der Waals surface area contributed by atoms with Gasteiger partial charge in [-0.15, -0.1) is 0 Å². The first-order valence-corrected chi connectivity index (χ1v) is 6.63. The van der Waals surface area contributed by atoms with Crippen molar-refractivity contribution in [2.24, 2.45) is 4.99 Å². The Kier molecular flexibility index (Phi) is 7.85. The Balaban J connectivity index is 0.00000324. The van der Waals surface area contributed by atoms with Gasteiger partial charge < -0.3 is 26.6 Å². The van der Waals surface area contributed by atoms with Crippen molar-refractivity contribution in [1.82, 2.24) is 4.90 Å². The van der Waals surface area contributed by atoms with Crippen LogP contribution in [0, 0.1) is 13.8 Å². The maximum Gasteiger partial charge on any atom is 0.384 e. The smallest absolute Gasteiger partial charge is 0.384 e. The van der Waals surface area contributed by atoms with Crippen LogP contribution in [0.3, 0.4) is 0 Å². The lowest BCUT2D eigenvalue weighted by molar-refractivity contribution is -0.675. The predicted molar refractivity (Wildman–Crippen MR) is 72.5 cm³/mol. The molecule has 1 aromatic rings. The molecule has 0 bridgehead atoms. The Morgan fingerprint density at radius 2 is 2.11 bits per heavy atom.